The highest BCUT2D eigenvalue weighted by atomic mass is 28.4. The van der Waals surface area contributed by atoms with E-state index in [4.69, 9.17) is 9.47 Å². The number of halogens is 1. The molecule has 0 radical (unpaired) electrons. The number of carbonyl (C=O) groups is 1. The van der Waals surface area contributed by atoms with Gasteiger partial charge in [0, 0.05) is 23.4 Å². The lowest BCUT2D eigenvalue weighted by Crippen LogP contribution is -2.36. The molecule has 1 aliphatic heterocycles. The first-order valence-corrected chi connectivity index (χ1v) is 14.2. The number of aliphatic hydroxyl groups is 1. The van der Waals surface area contributed by atoms with Crippen LogP contribution in [0.25, 0.3) is 0 Å². The maximum Gasteiger partial charge on any atom is 0.255 e. The van der Waals surface area contributed by atoms with E-state index in [1.54, 1.807) is 44.5 Å². The Morgan fingerprint density at radius 3 is 2.50 bits per heavy atom. The molecule has 0 unspecified atom stereocenters. The molecule has 0 bridgehead atoms. The summed E-state index contributed by atoms with van der Waals surface area (Å²) in [5.74, 6) is 0.646. The zero-order valence-electron chi connectivity index (χ0n) is 19.3. The molecule has 174 valence electrons. The van der Waals surface area contributed by atoms with Gasteiger partial charge in [-0.2, -0.15) is 0 Å². The molecule has 1 aliphatic rings. The van der Waals surface area contributed by atoms with Crippen LogP contribution in [0.5, 0.6) is 5.75 Å². The minimum Gasteiger partial charge on any atom is -0.497 e. The van der Waals surface area contributed by atoms with Crippen molar-refractivity contribution in [1.82, 2.24) is 0 Å². The zero-order valence-corrected chi connectivity index (χ0v) is 20.3. The van der Waals surface area contributed by atoms with Crippen molar-refractivity contribution < 1.29 is 23.5 Å². The van der Waals surface area contributed by atoms with Crippen LogP contribution in [0.3, 0.4) is 0 Å². The van der Waals surface area contributed by atoms with E-state index < -0.39 is 8.41 Å². The van der Waals surface area contributed by atoms with Crippen LogP contribution in [-0.2, 0) is 11.2 Å². The topological polar surface area (TPSA) is 67.8 Å². The highest BCUT2D eigenvalue weighted by Crippen LogP contribution is 2.46. The SMILES string of the molecule is COc1ccc(C(=O)Nc2cccc(CC[C@H]3O[C@@H](CCO)[C@H]([Si](C)(C)F)[C@H]3C)c2)cc1. The number of rotatable bonds is 9. The molecule has 1 amide bonds. The molecule has 1 fully saturated rings. The van der Waals surface area contributed by atoms with Crippen molar-refractivity contribution in [2.24, 2.45) is 5.92 Å². The van der Waals surface area contributed by atoms with E-state index in [-0.39, 0.29) is 36.2 Å². The van der Waals surface area contributed by atoms with Crippen molar-refractivity contribution in [3.63, 3.8) is 0 Å². The summed E-state index contributed by atoms with van der Waals surface area (Å²) in [7, 11) is -1.31. The number of anilines is 1. The first-order chi connectivity index (χ1) is 15.2. The fourth-order valence-corrected chi connectivity index (χ4v) is 7.43. The predicted octanol–water partition coefficient (Wildman–Crippen LogP) is 5.21. The Bertz CT molecular complexity index is 900. The zero-order chi connectivity index (χ0) is 23.3. The van der Waals surface area contributed by atoms with E-state index in [2.05, 4.69) is 12.2 Å². The molecular weight excluding hydrogens is 425 g/mol. The summed E-state index contributed by atoms with van der Waals surface area (Å²) in [6, 6.07) is 14.8. The molecule has 3 rings (SSSR count). The number of amides is 1. The van der Waals surface area contributed by atoms with Gasteiger partial charge in [0.2, 0.25) is 8.41 Å². The lowest BCUT2D eigenvalue weighted by Gasteiger charge is -2.28. The number of aryl methyl sites for hydroxylation is 1. The smallest absolute Gasteiger partial charge is 0.255 e. The van der Waals surface area contributed by atoms with Gasteiger partial charge >= 0.3 is 0 Å². The summed E-state index contributed by atoms with van der Waals surface area (Å²) in [5, 5.41) is 12.3. The average Bonchev–Trinajstić information content (AvgIpc) is 3.08. The van der Waals surface area contributed by atoms with Crippen LogP contribution in [0.15, 0.2) is 48.5 Å². The molecule has 4 atom stereocenters. The molecular formula is C25H34FNO4Si. The lowest BCUT2D eigenvalue weighted by atomic mass is 9.95. The number of methoxy groups -OCH3 is 1. The standard InChI is InChI=1S/C25H34FNO4Si/c1-17-22(31-23(14-15-28)24(17)32(3,4)26)13-8-18-6-5-7-20(16-18)27-25(29)19-9-11-21(30-2)12-10-19/h5-7,9-12,16-17,22-24,28H,8,13-15H2,1-4H3,(H,27,29)/t17-,22+,23-,24+/m0/s1. The van der Waals surface area contributed by atoms with Crippen LogP contribution < -0.4 is 10.1 Å². The van der Waals surface area contributed by atoms with E-state index in [1.807, 2.05) is 24.3 Å². The Morgan fingerprint density at radius 2 is 1.88 bits per heavy atom. The fourth-order valence-electron chi connectivity index (χ4n) is 4.84. The Labute approximate surface area is 191 Å². The molecule has 1 saturated heterocycles. The molecule has 0 aromatic heterocycles. The maximum atomic E-state index is 14.9. The Balaban J connectivity index is 1.61. The first-order valence-electron chi connectivity index (χ1n) is 11.2. The predicted molar refractivity (Wildman–Crippen MR) is 128 cm³/mol. The van der Waals surface area contributed by atoms with Gasteiger partial charge in [0.05, 0.1) is 19.3 Å². The summed E-state index contributed by atoms with van der Waals surface area (Å²) < 4.78 is 26.3. The maximum absolute atomic E-state index is 14.9. The van der Waals surface area contributed by atoms with Crippen molar-refractivity contribution in [1.29, 1.82) is 0 Å². The van der Waals surface area contributed by atoms with Crippen molar-refractivity contribution in [3.8, 4) is 5.75 Å². The fraction of sp³-hybridized carbons (Fsp3) is 0.480. The largest absolute Gasteiger partial charge is 0.497 e. The molecule has 2 aromatic rings. The van der Waals surface area contributed by atoms with E-state index in [0.29, 0.717) is 17.7 Å². The van der Waals surface area contributed by atoms with Gasteiger partial charge in [0.15, 0.2) is 0 Å². The van der Waals surface area contributed by atoms with E-state index in [1.165, 1.54) is 0 Å². The van der Waals surface area contributed by atoms with Gasteiger partial charge < -0.3 is 24.0 Å². The van der Waals surface area contributed by atoms with Crippen LogP contribution in [0.4, 0.5) is 9.80 Å². The third-order valence-electron chi connectivity index (χ3n) is 6.36. The number of nitrogens with one attached hydrogen (secondary N) is 1. The highest BCUT2D eigenvalue weighted by molar-refractivity contribution is 6.72. The Morgan fingerprint density at radius 1 is 1.16 bits per heavy atom. The molecule has 7 heteroatoms. The van der Waals surface area contributed by atoms with Crippen molar-refractivity contribution in [2.75, 3.05) is 19.0 Å². The minimum atomic E-state index is -2.89. The van der Waals surface area contributed by atoms with Gasteiger partial charge in [-0.3, -0.25) is 4.79 Å². The average molecular weight is 460 g/mol. The summed E-state index contributed by atoms with van der Waals surface area (Å²) in [6.45, 7) is 5.56. The van der Waals surface area contributed by atoms with Crippen molar-refractivity contribution in [2.45, 2.75) is 57.0 Å². The van der Waals surface area contributed by atoms with Crippen LogP contribution in [0.1, 0.15) is 35.7 Å². The van der Waals surface area contributed by atoms with Gasteiger partial charge in [0.25, 0.3) is 5.91 Å². The number of benzene rings is 2. The lowest BCUT2D eigenvalue weighted by molar-refractivity contribution is 0.0193. The molecule has 32 heavy (non-hydrogen) atoms. The monoisotopic (exact) mass is 459 g/mol. The van der Waals surface area contributed by atoms with Gasteiger partial charge in [-0.1, -0.05) is 19.1 Å². The number of hydrogen-bond donors (Lipinski definition) is 2. The Kier molecular flexibility index (Phi) is 8.09. The third kappa shape index (κ3) is 5.97. The van der Waals surface area contributed by atoms with Crippen LogP contribution in [0, 0.1) is 5.92 Å². The van der Waals surface area contributed by atoms with Gasteiger partial charge in [-0.05, 0) is 80.2 Å². The third-order valence-corrected chi connectivity index (χ3v) is 8.85. The number of aliphatic hydroxyl groups excluding tert-OH is 1. The number of carbonyl (C=O) groups excluding carboxylic acids is 1. The highest BCUT2D eigenvalue weighted by Gasteiger charge is 2.50. The molecule has 2 N–H and O–H groups in total. The van der Waals surface area contributed by atoms with E-state index in [0.717, 1.165) is 24.1 Å². The van der Waals surface area contributed by atoms with Gasteiger partial charge in [-0.25, -0.2) is 0 Å². The van der Waals surface area contributed by atoms with Gasteiger partial charge in [0.1, 0.15) is 5.75 Å². The summed E-state index contributed by atoms with van der Waals surface area (Å²) in [5.41, 5.74) is 2.28. The minimum absolute atomic E-state index is 0.0149. The molecule has 0 aliphatic carbocycles. The van der Waals surface area contributed by atoms with Gasteiger partial charge in [-0.15, -0.1) is 0 Å². The number of ether oxygens (including phenoxy) is 2. The summed E-state index contributed by atoms with van der Waals surface area (Å²) in [4.78, 5) is 12.5. The number of hydrogen-bond acceptors (Lipinski definition) is 4. The second kappa shape index (κ2) is 10.6. The van der Waals surface area contributed by atoms with E-state index >= 15 is 0 Å². The molecule has 0 spiro atoms. The summed E-state index contributed by atoms with van der Waals surface area (Å²) >= 11 is 0. The van der Waals surface area contributed by atoms with Crippen molar-refractivity contribution in [3.05, 3.63) is 59.7 Å². The first kappa shape index (κ1) is 24.4. The Hall–Kier alpha value is -2.22. The second-order valence-electron chi connectivity index (χ2n) is 9.10. The van der Waals surface area contributed by atoms with Crippen LogP contribution in [-0.4, -0.2) is 45.3 Å². The normalized spacial score (nSPS) is 23.2. The molecule has 2 aromatic carbocycles. The van der Waals surface area contributed by atoms with E-state index in [9.17, 15) is 14.0 Å². The second-order valence-corrected chi connectivity index (χ2v) is 12.9. The van der Waals surface area contributed by atoms with Crippen LogP contribution in [0.2, 0.25) is 18.6 Å². The van der Waals surface area contributed by atoms with Crippen LogP contribution >= 0.6 is 0 Å². The van der Waals surface area contributed by atoms with Crippen molar-refractivity contribution >= 4 is 20.0 Å². The molecule has 1 heterocycles. The molecule has 0 saturated carbocycles. The molecule has 5 nitrogen and oxygen atoms in total. The quantitative estimate of drug-likeness (QED) is 0.399. The summed E-state index contributed by atoms with van der Waals surface area (Å²) in [6.07, 6.45) is 1.80.